The standard InChI is InChI=1S/C17H26N2O2/c1-13-7-3-2-4-9-15(13)19-17(20)12-21-16-10-6-5-8-14(16)11-18/h5-6,8,10,13,15H,2-4,7,9,11-12,18H2,1H3,(H,19,20). The van der Waals surface area contributed by atoms with Crippen LogP contribution in [0.15, 0.2) is 24.3 Å². The van der Waals surface area contributed by atoms with Crippen LogP contribution in [0.5, 0.6) is 5.75 Å². The maximum absolute atomic E-state index is 12.1. The first-order valence-electron chi connectivity index (χ1n) is 7.91. The van der Waals surface area contributed by atoms with Crippen LogP contribution in [0, 0.1) is 5.92 Å². The summed E-state index contributed by atoms with van der Waals surface area (Å²) in [5.41, 5.74) is 6.59. The third-order valence-electron chi connectivity index (χ3n) is 4.26. The number of nitrogens with one attached hydrogen (secondary N) is 1. The van der Waals surface area contributed by atoms with E-state index in [4.69, 9.17) is 10.5 Å². The maximum atomic E-state index is 12.1. The summed E-state index contributed by atoms with van der Waals surface area (Å²) in [5, 5.41) is 3.12. The quantitative estimate of drug-likeness (QED) is 0.819. The lowest BCUT2D eigenvalue weighted by molar-refractivity contribution is -0.124. The minimum absolute atomic E-state index is 0.0411. The van der Waals surface area contributed by atoms with Gasteiger partial charge in [0, 0.05) is 18.2 Å². The second-order valence-electron chi connectivity index (χ2n) is 5.89. The van der Waals surface area contributed by atoms with Crippen LogP contribution in [0.25, 0.3) is 0 Å². The molecule has 0 aromatic heterocycles. The van der Waals surface area contributed by atoms with Gasteiger partial charge in [0.05, 0.1) is 0 Å². The first-order chi connectivity index (χ1) is 10.2. The van der Waals surface area contributed by atoms with E-state index in [9.17, 15) is 4.79 Å². The van der Waals surface area contributed by atoms with Crippen LogP contribution in [0.1, 0.15) is 44.6 Å². The molecule has 0 saturated heterocycles. The molecule has 21 heavy (non-hydrogen) atoms. The van der Waals surface area contributed by atoms with Gasteiger partial charge in [0.2, 0.25) is 0 Å². The van der Waals surface area contributed by atoms with Crippen molar-refractivity contribution < 1.29 is 9.53 Å². The van der Waals surface area contributed by atoms with Crippen LogP contribution >= 0.6 is 0 Å². The predicted octanol–water partition coefficient (Wildman–Crippen LogP) is 2.61. The lowest BCUT2D eigenvalue weighted by atomic mass is 9.97. The van der Waals surface area contributed by atoms with Crippen molar-refractivity contribution in [2.45, 2.75) is 51.6 Å². The van der Waals surface area contributed by atoms with Gasteiger partial charge in [-0.3, -0.25) is 4.79 Å². The molecule has 2 rings (SSSR count). The molecular formula is C17H26N2O2. The van der Waals surface area contributed by atoms with E-state index in [1.807, 2.05) is 24.3 Å². The van der Waals surface area contributed by atoms with E-state index in [-0.39, 0.29) is 18.6 Å². The Hall–Kier alpha value is -1.55. The van der Waals surface area contributed by atoms with Crippen LogP contribution in [-0.2, 0) is 11.3 Å². The van der Waals surface area contributed by atoms with Gasteiger partial charge in [-0.2, -0.15) is 0 Å². The zero-order valence-electron chi connectivity index (χ0n) is 12.8. The van der Waals surface area contributed by atoms with Crippen LogP contribution in [0.2, 0.25) is 0 Å². The molecule has 1 aliphatic carbocycles. The van der Waals surface area contributed by atoms with Crippen LogP contribution in [0.4, 0.5) is 0 Å². The summed E-state index contributed by atoms with van der Waals surface area (Å²) >= 11 is 0. The number of hydrogen-bond acceptors (Lipinski definition) is 3. The zero-order chi connectivity index (χ0) is 15.1. The molecule has 116 valence electrons. The fraction of sp³-hybridized carbons (Fsp3) is 0.588. The number of ether oxygens (including phenoxy) is 1. The largest absolute Gasteiger partial charge is 0.483 e. The Morgan fingerprint density at radius 2 is 2.05 bits per heavy atom. The molecule has 0 bridgehead atoms. The van der Waals surface area contributed by atoms with Gasteiger partial charge < -0.3 is 15.8 Å². The molecule has 4 heteroatoms. The Labute approximate surface area is 127 Å². The summed E-state index contributed by atoms with van der Waals surface area (Å²) < 4.78 is 5.61. The van der Waals surface area contributed by atoms with Crippen molar-refractivity contribution in [1.82, 2.24) is 5.32 Å². The zero-order valence-corrected chi connectivity index (χ0v) is 12.8. The lowest BCUT2D eigenvalue weighted by Gasteiger charge is -2.23. The van der Waals surface area contributed by atoms with E-state index in [0.717, 1.165) is 12.0 Å². The Balaban J connectivity index is 1.84. The molecule has 0 spiro atoms. The summed E-state index contributed by atoms with van der Waals surface area (Å²) in [6, 6.07) is 7.86. The van der Waals surface area contributed by atoms with E-state index in [2.05, 4.69) is 12.2 Å². The molecule has 1 saturated carbocycles. The highest BCUT2D eigenvalue weighted by Gasteiger charge is 2.21. The van der Waals surface area contributed by atoms with Gasteiger partial charge in [-0.15, -0.1) is 0 Å². The van der Waals surface area contributed by atoms with Crippen molar-refractivity contribution in [2.24, 2.45) is 11.7 Å². The number of para-hydroxylation sites is 1. The molecule has 2 unspecified atom stereocenters. The van der Waals surface area contributed by atoms with Crippen LogP contribution in [-0.4, -0.2) is 18.6 Å². The Morgan fingerprint density at radius 1 is 1.29 bits per heavy atom. The number of hydrogen-bond donors (Lipinski definition) is 2. The number of rotatable bonds is 5. The molecule has 2 atom stereocenters. The molecule has 1 amide bonds. The Morgan fingerprint density at radius 3 is 2.86 bits per heavy atom. The molecule has 1 aliphatic rings. The number of nitrogens with two attached hydrogens (primary N) is 1. The van der Waals surface area contributed by atoms with Crippen LogP contribution in [0.3, 0.4) is 0 Å². The molecule has 0 heterocycles. The number of carbonyl (C=O) groups is 1. The van der Waals surface area contributed by atoms with Crippen molar-refractivity contribution in [3.63, 3.8) is 0 Å². The van der Waals surface area contributed by atoms with E-state index in [1.165, 1.54) is 25.7 Å². The first kappa shape index (κ1) is 15.8. The van der Waals surface area contributed by atoms with E-state index in [0.29, 0.717) is 18.2 Å². The summed E-state index contributed by atoms with van der Waals surface area (Å²) in [7, 11) is 0. The van der Waals surface area contributed by atoms with Gasteiger partial charge in [-0.1, -0.05) is 44.4 Å². The third-order valence-corrected chi connectivity index (χ3v) is 4.26. The van der Waals surface area contributed by atoms with Gasteiger partial charge in [-0.25, -0.2) is 0 Å². The van der Waals surface area contributed by atoms with E-state index >= 15 is 0 Å². The predicted molar refractivity (Wildman–Crippen MR) is 84.0 cm³/mol. The number of benzene rings is 1. The van der Waals surface area contributed by atoms with Gasteiger partial charge in [0.1, 0.15) is 5.75 Å². The average molecular weight is 290 g/mol. The van der Waals surface area contributed by atoms with Gasteiger partial charge in [-0.05, 0) is 24.8 Å². The summed E-state index contributed by atoms with van der Waals surface area (Å²) in [4.78, 5) is 12.1. The number of amides is 1. The molecule has 1 fully saturated rings. The highest BCUT2D eigenvalue weighted by Crippen LogP contribution is 2.23. The number of carbonyl (C=O) groups excluding carboxylic acids is 1. The second-order valence-corrected chi connectivity index (χ2v) is 5.89. The average Bonchev–Trinajstić information content (AvgIpc) is 2.70. The third kappa shape index (κ3) is 4.74. The highest BCUT2D eigenvalue weighted by molar-refractivity contribution is 5.77. The van der Waals surface area contributed by atoms with Crippen molar-refractivity contribution in [2.75, 3.05) is 6.61 Å². The van der Waals surface area contributed by atoms with E-state index in [1.54, 1.807) is 0 Å². The topological polar surface area (TPSA) is 64.3 Å². The van der Waals surface area contributed by atoms with Gasteiger partial charge in [0.25, 0.3) is 5.91 Å². The highest BCUT2D eigenvalue weighted by atomic mass is 16.5. The monoisotopic (exact) mass is 290 g/mol. The molecular weight excluding hydrogens is 264 g/mol. The van der Waals surface area contributed by atoms with Crippen molar-refractivity contribution >= 4 is 5.91 Å². The Bertz CT molecular complexity index is 462. The lowest BCUT2D eigenvalue weighted by Crippen LogP contribution is -2.41. The summed E-state index contributed by atoms with van der Waals surface area (Å²) in [6.45, 7) is 2.69. The molecule has 3 N–H and O–H groups in total. The fourth-order valence-corrected chi connectivity index (χ4v) is 2.91. The normalized spacial score (nSPS) is 22.4. The van der Waals surface area contributed by atoms with Gasteiger partial charge in [0.15, 0.2) is 6.61 Å². The molecule has 0 aliphatic heterocycles. The molecule has 0 radical (unpaired) electrons. The second kappa shape index (κ2) is 8.03. The first-order valence-corrected chi connectivity index (χ1v) is 7.91. The Kier molecular flexibility index (Phi) is 6.05. The van der Waals surface area contributed by atoms with Gasteiger partial charge >= 0.3 is 0 Å². The fourth-order valence-electron chi connectivity index (χ4n) is 2.91. The SMILES string of the molecule is CC1CCCCCC1NC(=O)COc1ccccc1CN. The molecule has 4 nitrogen and oxygen atoms in total. The summed E-state index contributed by atoms with van der Waals surface area (Å²) in [5.74, 6) is 1.21. The van der Waals surface area contributed by atoms with Crippen molar-refractivity contribution in [3.05, 3.63) is 29.8 Å². The molecule has 1 aromatic carbocycles. The van der Waals surface area contributed by atoms with E-state index < -0.39 is 0 Å². The van der Waals surface area contributed by atoms with Crippen molar-refractivity contribution in [3.8, 4) is 5.75 Å². The summed E-state index contributed by atoms with van der Waals surface area (Å²) in [6.07, 6.45) is 6.02. The minimum atomic E-state index is -0.0411. The maximum Gasteiger partial charge on any atom is 0.258 e. The minimum Gasteiger partial charge on any atom is -0.483 e. The van der Waals surface area contributed by atoms with Crippen LogP contribution < -0.4 is 15.8 Å². The smallest absolute Gasteiger partial charge is 0.258 e. The van der Waals surface area contributed by atoms with Crippen molar-refractivity contribution in [1.29, 1.82) is 0 Å². The molecule has 1 aromatic rings.